The van der Waals surface area contributed by atoms with Crippen LogP contribution in [0.15, 0.2) is 24.3 Å². The first-order valence-corrected chi connectivity index (χ1v) is 21.7. The van der Waals surface area contributed by atoms with Crippen LogP contribution in [0.1, 0.15) is 78.2 Å². The van der Waals surface area contributed by atoms with E-state index in [2.05, 4.69) is 42.5 Å². The van der Waals surface area contributed by atoms with E-state index >= 15 is 0 Å². The predicted octanol–water partition coefficient (Wildman–Crippen LogP) is -5.08. The van der Waals surface area contributed by atoms with Crippen molar-refractivity contribution in [2.75, 3.05) is 32.4 Å². The molecule has 1 aromatic rings. The topological polar surface area (TPSA) is 408 Å². The van der Waals surface area contributed by atoms with Gasteiger partial charge in [-0.25, -0.2) is 0 Å². The average molecular weight is 944 g/mol. The van der Waals surface area contributed by atoms with Crippen LogP contribution in [0.3, 0.4) is 0 Å². The molecule has 0 radical (unpaired) electrons. The normalized spacial score (nSPS) is 21.1. The van der Waals surface area contributed by atoms with Crippen LogP contribution in [-0.4, -0.2) is 139 Å². The number of nitrogens with two attached hydrogens (primary N) is 4. The van der Waals surface area contributed by atoms with Crippen molar-refractivity contribution in [3.8, 4) is 0 Å². The summed E-state index contributed by atoms with van der Waals surface area (Å²) in [7, 11) is 1.18. The lowest BCUT2D eigenvalue weighted by atomic mass is 9.96. The zero-order valence-electron chi connectivity index (χ0n) is 38.4. The lowest BCUT2D eigenvalue weighted by Crippen LogP contribution is -2.61. The fraction of sp³-hybridized carbons (Fsp3) is 0.571. The second-order valence-corrected chi connectivity index (χ2v) is 16.7. The molecule has 67 heavy (non-hydrogen) atoms. The summed E-state index contributed by atoms with van der Waals surface area (Å²) in [5, 5.41) is 19.6. The van der Waals surface area contributed by atoms with E-state index in [1.54, 1.807) is 52.0 Å². The molecule has 12 amide bonds. The van der Waals surface area contributed by atoms with Crippen molar-refractivity contribution < 1.29 is 57.5 Å². The highest BCUT2D eigenvalue weighted by Gasteiger charge is 2.36. The highest BCUT2D eigenvalue weighted by Crippen LogP contribution is 2.14. The standard InChI is InChI=1S/C42H65N13O12/c1-6-22(4)36-41(66)51-25(11-13-30(44)56)38(63)53-29(17-31(45)57)39(64)52-26(42(67)55(5)20-35(61)50-27(15-21(2)3)37(62)48-18-32(46)58)12-14-33(59)47-19-34(60)49-28(40(65)54-36)16-23-7-9-24(43)10-8-23/h7-10,21-22,25-29,36H,6,11-20,43H2,1-5H3,(H2,44,56)(H2,45,57)(H2,46,58)(H,47,59)(H,48,62)(H,49,60)(H,50,61)(H,51,66)(H,52,64)(H,53,63)(H,54,65)/t22-,25-,26-,27-,28-,29-,36-/m0/s1. The Morgan fingerprint density at radius 1 is 0.761 bits per heavy atom. The lowest BCUT2D eigenvalue weighted by molar-refractivity contribution is -0.140. The highest BCUT2D eigenvalue weighted by atomic mass is 16.2. The number of likely N-dealkylation sites (N-methyl/N-ethyl adjacent to an activating group) is 1. The number of carbonyl (C=O) groups excluding carboxylic acids is 12. The van der Waals surface area contributed by atoms with E-state index < -0.39 is 165 Å². The molecule has 0 saturated carbocycles. The smallest absolute Gasteiger partial charge is 0.245 e. The maximum absolute atomic E-state index is 14.0. The van der Waals surface area contributed by atoms with Gasteiger partial charge in [-0.05, 0) is 48.8 Å². The van der Waals surface area contributed by atoms with Crippen molar-refractivity contribution >= 4 is 76.6 Å². The second-order valence-electron chi connectivity index (χ2n) is 16.7. The Bertz CT molecular complexity index is 2000. The van der Waals surface area contributed by atoms with E-state index in [4.69, 9.17) is 22.9 Å². The van der Waals surface area contributed by atoms with Crippen molar-refractivity contribution in [2.24, 2.45) is 29.0 Å². The van der Waals surface area contributed by atoms with Crippen LogP contribution in [0.4, 0.5) is 5.69 Å². The molecule has 0 spiro atoms. The molecule has 0 aliphatic carbocycles. The van der Waals surface area contributed by atoms with Crippen LogP contribution < -0.4 is 65.5 Å². The number of nitrogens with one attached hydrogen (secondary N) is 8. The first kappa shape index (κ1) is 55.8. The molecular weight excluding hydrogens is 879 g/mol. The van der Waals surface area contributed by atoms with Crippen LogP contribution in [0.5, 0.6) is 0 Å². The molecule has 1 fully saturated rings. The Hall–Kier alpha value is -7.34. The molecule has 16 N–H and O–H groups in total. The number of amides is 12. The number of benzene rings is 1. The monoisotopic (exact) mass is 943 g/mol. The number of nitrogen functional groups attached to an aromatic ring is 1. The van der Waals surface area contributed by atoms with Crippen LogP contribution in [-0.2, 0) is 64.0 Å². The molecule has 1 aliphatic heterocycles. The van der Waals surface area contributed by atoms with Crippen LogP contribution in [0.2, 0.25) is 0 Å². The van der Waals surface area contributed by atoms with Crippen molar-refractivity contribution in [3.05, 3.63) is 29.8 Å². The quantitative estimate of drug-likeness (QED) is 0.0614. The fourth-order valence-corrected chi connectivity index (χ4v) is 6.67. The van der Waals surface area contributed by atoms with Crippen LogP contribution >= 0.6 is 0 Å². The Labute approximate surface area is 387 Å². The third-order valence-corrected chi connectivity index (χ3v) is 10.5. The summed E-state index contributed by atoms with van der Waals surface area (Å²) in [6, 6.07) is -2.48. The van der Waals surface area contributed by atoms with E-state index in [1.807, 2.05) is 0 Å². The summed E-state index contributed by atoms with van der Waals surface area (Å²) in [5.74, 6) is -11.6. The van der Waals surface area contributed by atoms with Crippen molar-refractivity contribution in [1.82, 2.24) is 47.4 Å². The van der Waals surface area contributed by atoms with E-state index in [9.17, 15) is 57.5 Å². The summed E-state index contributed by atoms with van der Waals surface area (Å²) in [6.07, 6.45) is -2.36. The van der Waals surface area contributed by atoms with E-state index in [-0.39, 0.29) is 18.8 Å². The molecule has 1 saturated heterocycles. The maximum Gasteiger partial charge on any atom is 0.245 e. The zero-order chi connectivity index (χ0) is 50.5. The van der Waals surface area contributed by atoms with Gasteiger partial charge in [0, 0.05) is 32.0 Å². The van der Waals surface area contributed by atoms with Gasteiger partial charge in [0.15, 0.2) is 0 Å². The van der Waals surface area contributed by atoms with E-state index in [0.717, 1.165) is 4.90 Å². The van der Waals surface area contributed by atoms with Crippen LogP contribution in [0.25, 0.3) is 0 Å². The maximum atomic E-state index is 14.0. The van der Waals surface area contributed by atoms with Gasteiger partial charge in [0.05, 0.1) is 26.1 Å². The highest BCUT2D eigenvalue weighted by molar-refractivity contribution is 5.99. The number of primary amides is 3. The Kier molecular flexibility index (Phi) is 22.7. The van der Waals surface area contributed by atoms with E-state index in [1.165, 1.54) is 7.05 Å². The minimum Gasteiger partial charge on any atom is -0.399 e. The summed E-state index contributed by atoms with van der Waals surface area (Å²) in [4.78, 5) is 158. The van der Waals surface area contributed by atoms with Crippen molar-refractivity contribution in [2.45, 2.75) is 115 Å². The number of rotatable bonds is 18. The molecule has 2 rings (SSSR count). The Balaban J connectivity index is 2.59. The lowest BCUT2D eigenvalue weighted by Gasteiger charge is -2.29. The molecule has 0 unspecified atom stereocenters. The van der Waals surface area contributed by atoms with E-state index in [0.29, 0.717) is 17.7 Å². The van der Waals surface area contributed by atoms with Gasteiger partial charge in [-0.1, -0.05) is 46.2 Å². The average Bonchev–Trinajstić information content (AvgIpc) is 3.25. The molecule has 0 bridgehead atoms. The largest absolute Gasteiger partial charge is 0.399 e. The summed E-state index contributed by atoms with van der Waals surface area (Å²) >= 11 is 0. The molecule has 1 aromatic carbocycles. The number of anilines is 1. The first-order valence-electron chi connectivity index (χ1n) is 21.7. The number of hydrogen-bond acceptors (Lipinski definition) is 13. The zero-order valence-corrected chi connectivity index (χ0v) is 38.4. The van der Waals surface area contributed by atoms with Gasteiger partial charge in [0.25, 0.3) is 0 Å². The summed E-state index contributed by atoms with van der Waals surface area (Å²) in [6.45, 7) is 5.06. The number of nitrogens with zero attached hydrogens (tertiary/aromatic N) is 1. The summed E-state index contributed by atoms with van der Waals surface area (Å²) < 4.78 is 0. The van der Waals surface area contributed by atoms with Gasteiger partial charge in [0.2, 0.25) is 70.9 Å². The summed E-state index contributed by atoms with van der Waals surface area (Å²) in [5.41, 5.74) is 22.7. The predicted molar refractivity (Wildman–Crippen MR) is 239 cm³/mol. The molecule has 370 valence electrons. The molecule has 25 heteroatoms. The van der Waals surface area contributed by atoms with Crippen molar-refractivity contribution in [3.63, 3.8) is 0 Å². The van der Waals surface area contributed by atoms with Crippen molar-refractivity contribution in [1.29, 1.82) is 0 Å². The third-order valence-electron chi connectivity index (χ3n) is 10.5. The number of hydrogen-bond donors (Lipinski definition) is 12. The molecule has 25 nitrogen and oxygen atoms in total. The molecule has 1 aliphatic rings. The molecule has 7 atom stereocenters. The molecule has 0 aromatic heterocycles. The Morgan fingerprint density at radius 2 is 1.37 bits per heavy atom. The minimum absolute atomic E-state index is 0.0958. The first-order chi connectivity index (χ1) is 31.4. The van der Waals surface area contributed by atoms with Gasteiger partial charge < -0.3 is 70.4 Å². The van der Waals surface area contributed by atoms with Gasteiger partial charge in [0.1, 0.15) is 36.3 Å². The minimum atomic E-state index is -1.82. The van der Waals surface area contributed by atoms with Gasteiger partial charge in [-0.15, -0.1) is 0 Å². The SMILES string of the molecule is CC[C@H](C)[C@@H]1NC(=O)[C@H](Cc2ccc(N)cc2)NC(=O)CNC(=O)CC[C@@H](C(=O)N(C)CC(=O)N[C@@H](CC(C)C)C(=O)NCC(N)=O)NC(=O)[C@H](CC(N)=O)NC(=O)[C@H](CCC(N)=O)NC1=O. The van der Waals surface area contributed by atoms with Gasteiger partial charge in [-0.2, -0.15) is 0 Å². The van der Waals surface area contributed by atoms with Gasteiger partial charge >= 0.3 is 0 Å². The third kappa shape index (κ3) is 20.2. The molecular formula is C42H65N13O12. The number of carbonyl (C=O) groups is 12. The van der Waals surface area contributed by atoms with Gasteiger partial charge in [-0.3, -0.25) is 57.5 Å². The second kappa shape index (κ2) is 27.2. The Morgan fingerprint density at radius 3 is 1.96 bits per heavy atom. The fourth-order valence-electron chi connectivity index (χ4n) is 6.67. The van der Waals surface area contributed by atoms with Crippen LogP contribution in [0, 0.1) is 11.8 Å². The molecule has 1 heterocycles.